The molecule has 10 heteroatoms. The van der Waals surface area contributed by atoms with Gasteiger partial charge < -0.3 is 26.3 Å². The number of aldehydes is 1. The van der Waals surface area contributed by atoms with Crippen LogP contribution in [-0.4, -0.2) is 53.8 Å². The van der Waals surface area contributed by atoms with Crippen LogP contribution in [0.4, 0.5) is 5.69 Å². The summed E-state index contributed by atoms with van der Waals surface area (Å²) in [5.74, 6) is -3.40. The topological polar surface area (TPSA) is 159 Å². The first kappa shape index (κ1) is 29.6. The molecule has 0 radical (unpaired) electrons. The Morgan fingerprint density at radius 1 is 0.833 bits per heavy atom. The van der Waals surface area contributed by atoms with Crippen molar-refractivity contribution in [1.82, 2.24) is 10.6 Å². The van der Waals surface area contributed by atoms with Gasteiger partial charge in [0.1, 0.15) is 12.8 Å². The van der Waals surface area contributed by atoms with Crippen LogP contribution < -0.4 is 21.3 Å². The Balaban J connectivity index is 1.60. The molecule has 10 nitrogen and oxygen atoms in total. The first-order valence-corrected chi connectivity index (χ1v) is 13.2. The molecule has 5 N–H and O–H groups in total. The van der Waals surface area contributed by atoms with E-state index in [4.69, 9.17) is 10.8 Å². The van der Waals surface area contributed by atoms with Gasteiger partial charge in [0.2, 0.25) is 5.91 Å². The standard InChI is InChI=1S/C32H30N4O6/c33-30(35-31(41)25-15-14-22-10-4-5-11-23(22)17-25)32(42)36(19-28(38)34-26(20-37)18-29(39)40)27-13-7-6-12-24(27)16-21-8-2-1-3-9-21/h1-15,17,20,26,30H,16,18-19,33H2,(H,34,38)(H,35,41)(H,39,40)/t26-,30?/m0/s1. The highest BCUT2D eigenvalue weighted by atomic mass is 16.4. The largest absolute Gasteiger partial charge is 0.481 e. The lowest BCUT2D eigenvalue weighted by atomic mass is 10.0. The number of nitrogens with one attached hydrogen (secondary N) is 2. The van der Waals surface area contributed by atoms with Crippen LogP contribution in [0, 0.1) is 0 Å². The fourth-order valence-electron chi connectivity index (χ4n) is 4.52. The first-order valence-electron chi connectivity index (χ1n) is 13.2. The summed E-state index contributed by atoms with van der Waals surface area (Å²) in [5, 5.41) is 15.7. The van der Waals surface area contributed by atoms with Crippen LogP contribution in [-0.2, 0) is 25.6 Å². The minimum absolute atomic E-state index is 0.299. The molecule has 42 heavy (non-hydrogen) atoms. The molecule has 0 aliphatic rings. The van der Waals surface area contributed by atoms with E-state index < -0.39 is 48.9 Å². The van der Waals surface area contributed by atoms with E-state index in [-0.39, 0.29) is 0 Å². The summed E-state index contributed by atoms with van der Waals surface area (Å²) in [5.41, 5.74) is 8.52. The third-order valence-electron chi connectivity index (χ3n) is 6.56. The van der Waals surface area contributed by atoms with Crippen molar-refractivity contribution in [2.45, 2.75) is 25.0 Å². The summed E-state index contributed by atoms with van der Waals surface area (Å²) in [4.78, 5) is 63.3. The molecule has 0 fully saturated rings. The number of benzene rings is 4. The Bertz CT molecular complexity index is 1610. The number of anilines is 1. The minimum Gasteiger partial charge on any atom is -0.481 e. The third-order valence-corrected chi connectivity index (χ3v) is 6.56. The number of amides is 3. The smallest absolute Gasteiger partial charge is 0.305 e. The number of para-hydroxylation sites is 1. The predicted octanol–water partition coefficient (Wildman–Crippen LogP) is 2.64. The molecule has 0 saturated carbocycles. The highest BCUT2D eigenvalue weighted by molar-refractivity contribution is 6.06. The predicted molar refractivity (Wildman–Crippen MR) is 158 cm³/mol. The second kappa shape index (κ2) is 13.8. The zero-order chi connectivity index (χ0) is 30.1. The molecule has 0 spiro atoms. The lowest BCUT2D eigenvalue weighted by Crippen LogP contribution is -2.56. The number of carboxylic acid groups (broad SMARTS) is 1. The maximum Gasteiger partial charge on any atom is 0.305 e. The number of nitrogens with two attached hydrogens (primary N) is 1. The number of carbonyl (C=O) groups excluding carboxylic acids is 4. The van der Waals surface area contributed by atoms with Crippen molar-refractivity contribution in [3.05, 3.63) is 114 Å². The number of hydrogen-bond donors (Lipinski definition) is 4. The quantitative estimate of drug-likeness (QED) is 0.152. The molecule has 0 heterocycles. The summed E-state index contributed by atoms with van der Waals surface area (Å²) in [6, 6.07) is 27.7. The Hall–Kier alpha value is -5.35. The van der Waals surface area contributed by atoms with Crippen LogP contribution in [0.5, 0.6) is 0 Å². The highest BCUT2D eigenvalue weighted by Gasteiger charge is 2.28. The zero-order valence-electron chi connectivity index (χ0n) is 22.6. The average molecular weight is 567 g/mol. The van der Waals surface area contributed by atoms with E-state index in [1.807, 2.05) is 54.6 Å². The molecular formula is C32H30N4O6. The highest BCUT2D eigenvalue weighted by Crippen LogP contribution is 2.24. The van der Waals surface area contributed by atoms with Crippen LogP contribution >= 0.6 is 0 Å². The van der Waals surface area contributed by atoms with Gasteiger partial charge in [0.05, 0.1) is 12.5 Å². The van der Waals surface area contributed by atoms with Crippen LogP contribution in [0.3, 0.4) is 0 Å². The van der Waals surface area contributed by atoms with E-state index in [9.17, 15) is 24.0 Å². The van der Waals surface area contributed by atoms with E-state index in [1.165, 1.54) is 0 Å². The van der Waals surface area contributed by atoms with Crippen LogP contribution in [0.15, 0.2) is 97.1 Å². The fourth-order valence-corrected chi connectivity index (χ4v) is 4.52. The van der Waals surface area contributed by atoms with Crippen molar-refractivity contribution in [3.63, 3.8) is 0 Å². The number of carbonyl (C=O) groups is 5. The van der Waals surface area contributed by atoms with Gasteiger partial charge in [-0.3, -0.25) is 24.1 Å². The Morgan fingerprint density at radius 2 is 1.50 bits per heavy atom. The van der Waals surface area contributed by atoms with Crippen molar-refractivity contribution in [3.8, 4) is 0 Å². The van der Waals surface area contributed by atoms with Gasteiger partial charge >= 0.3 is 5.97 Å². The molecule has 4 aromatic carbocycles. The summed E-state index contributed by atoms with van der Waals surface area (Å²) in [6.07, 6.45) is -1.40. The number of hydrogen-bond acceptors (Lipinski definition) is 6. The zero-order valence-corrected chi connectivity index (χ0v) is 22.6. The van der Waals surface area contributed by atoms with Crippen LogP contribution in [0.2, 0.25) is 0 Å². The number of nitrogens with zero attached hydrogens (tertiary/aromatic N) is 1. The Kier molecular flexibility index (Phi) is 9.75. The summed E-state index contributed by atoms with van der Waals surface area (Å²) in [7, 11) is 0. The van der Waals surface area contributed by atoms with Gasteiger partial charge in [-0.1, -0.05) is 78.9 Å². The molecule has 0 bridgehead atoms. The SMILES string of the molecule is NC(NC(=O)c1ccc2ccccc2c1)C(=O)N(CC(=O)N[C@H](C=O)CC(=O)O)c1ccccc1Cc1ccccc1. The van der Waals surface area contributed by atoms with Crippen molar-refractivity contribution in [2.75, 3.05) is 11.4 Å². The Labute approximate surface area is 242 Å². The average Bonchev–Trinajstić information content (AvgIpc) is 2.99. The van der Waals surface area contributed by atoms with Crippen molar-refractivity contribution < 1.29 is 29.1 Å². The minimum atomic E-state index is -1.53. The molecule has 1 unspecified atom stereocenters. The number of aliphatic carboxylic acids is 1. The van der Waals surface area contributed by atoms with Crippen molar-refractivity contribution in [1.29, 1.82) is 0 Å². The van der Waals surface area contributed by atoms with Gasteiger partial charge in [0.15, 0.2) is 6.17 Å². The number of rotatable bonds is 12. The maximum absolute atomic E-state index is 13.7. The van der Waals surface area contributed by atoms with Crippen LogP contribution in [0.1, 0.15) is 27.9 Å². The summed E-state index contributed by atoms with van der Waals surface area (Å²) >= 11 is 0. The lowest BCUT2D eigenvalue weighted by molar-refractivity contribution is -0.138. The molecule has 4 rings (SSSR count). The lowest BCUT2D eigenvalue weighted by Gasteiger charge is -2.28. The van der Waals surface area contributed by atoms with E-state index in [0.717, 1.165) is 21.2 Å². The van der Waals surface area contributed by atoms with Crippen LogP contribution in [0.25, 0.3) is 10.8 Å². The Morgan fingerprint density at radius 3 is 2.21 bits per heavy atom. The molecule has 2 atom stereocenters. The molecular weight excluding hydrogens is 536 g/mol. The first-order chi connectivity index (χ1) is 20.2. The number of carboxylic acids is 1. The van der Waals surface area contributed by atoms with E-state index in [2.05, 4.69) is 10.6 Å². The third kappa shape index (κ3) is 7.64. The molecule has 214 valence electrons. The van der Waals surface area contributed by atoms with Gasteiger partial charge in [0, 0.05) is 11.3 Å². The second-order valence-corrected chi connectivity index (χ2v) is 9.64. The summed E-state index contributed by atoms with van der Waals surface area (Å²) < 4.78 is 0. The van der Waals surface area contributed by atoms with E-state index in [1.54, 1.807) is 42.5 Å². The van der Waals surface area contributed by atoms with Gasteiger partial charge in [-0.2, -0.15) is 0 Å². The van der Waals surface area contributed by atoms with Gasteiger partial charge in [0.25, 0.3) is 11.8 Å². The normalized spacial score (nSPS) is 12.1. The molecule has 3 amide bonds. The number of fused-ring (bicyclic) bond motifs is 1. The molecule has 0 aromatic heterocycles. The maximum atomic E-state index is 13.7. The molecule has 0 saturated heterocycles. The van der Waals surface area contributed by atoms with Crippen molar-refractivity contribution >= 4 is 46.4 Å². The molecule has 0 aliphatic carbocycles. The van der Waals surface area contributed by atoms with E-state index in [0.29, 0.717) is 29.5 Å². The van der Waals surface area contributed by atoms with Gasteiger partial charge in [-0.15, -0.1) is 0 Å². The van der Waals surface area contributed by atoms with Crippen molar-refractivity contribution in [2.24, 2.45) is 5.73 Å². The summed E-state index contributed by atoms with van der Waals surface area (Å²) in [6.45, 7) is -0.575. The van der Waals surface area contributed by atoms with E-state index >= 15 is 0 Å². The fraction of sp³-hybridized carbons (Fsp3) is 0.156. The second-order valence-electron chi connectivity index (χ2n) is 9.64. The monoisotopic (exact) mass is 566 g/mol. The van der Waals surface area contributed by atoms with Gasteiger partial charge in [-0.25, -0.2) is 0 Å². The molecule has 0 aliphatic heterocycles. The van der Waals surface area contributed by atoms with Gasteiger partial charge in [-0.05, 0) is 46.5 Å². The molecule has 4 aromatic rings.